The normalized spacial score (nSPS) is 16.4. The lowest BCUT2D eigenvalue weighted by atomic mass is 10.3. The fraction of sp³-hybridized carbons (Fsp3) is 0.500. The molecule has 0 atom stereocenters. The predicted molar refractivity (Wildman–Crippen MR) is 125 cm³/mol. The van der Waals surface area contributed by atoms with E-state index in [0.717, 1.165) is 0 Å². The monoisotopic (exact) mass is 497 g/mol. The lowest BCUT2D eigenvalue weighted by Gasteiger charge is -2.30. The molecule has 33 heavy (non-hydrogen) atoms. The summed E-state index contributed by atoms with van der Waals surface area (Å²) in [4.78, 5) is 29.8. The SMILES string of the molecule is O=C(NCCOc1nc(N2CCOCC2)nc(N2CCOCC2)n1)Nc1ccc(Cl)c(Cl)c1. The molecule has 11 nitrogen and oxygen atoms in total. The van der Waals surface area contributed by atoms with Crippen LogP contribution < -0.4 is 25.2 Å². The van der Waals surface area contributed by atoms with Crippen LogP contribution in [0.15, 0.2) is 18.2 Å². The molecule has 2 fully saturated rings. The second-order valence-electron chi connectivity index (χ2n) is 7.28. The van der Waals surface area contributed by atoms with Crippen molar-refractivity contribution in [3.05, 3.63) is 28.2 Å². The van der Waals surface area contributed by atoms with Crippen LogP contribution in [0, 0.1) is 0 Å². The van der Waals surface area contributed by atoms with Gasteiger partial charge in [0.15, 0.2) is 0 Å². The summed E-state index contributed by atoms with van der Waals surface area (Å²) in [5.74, 6) is 1.10. The van der Waals surface area contributed by atoms with Gasteiger partial charge in [0.2, 0.25) is 11.9 Å². The van der Waals surface area contributed by atoms with Crippen LogP contribution in [-0.2, 0) is 9.47 Å². The zero-order chi connectivity index (χ0) is 23.0. The topological polar surface area (TPSA) is 114 Å². The van der Waals surface area contributed by atoms with E-state index in [1.165, 1.54) is 0 Å². The fourth-order valence-electron chi connectivity index (χ4n) is 3.27. The molecular formula is C20H25Cl2N7O4. The minimum Gasteiger partial charge on any atom is -0.461 e. The van der Waals surface area contributed by atoms with Crippen molar-refractivity contribution in [1.29, 1.82) is 0 Å². The van der Waals surface area contributed by atoms with Gasteiger partial charge in [-0.25, -0.2) is 4.79 Å². The number of ether oxygens (including phenoxy) is 3. The first kappa shape index (κ1) is 23.6. The van der Waals surface area contributed by atoms with Crippen LogP contribution in [0.1, 0.15) is 0 Å². The lowest BCUT2D eigenvalue weighted by Crippen LogP contribution is -2.40. The van der Waals surface area contributed by atoms with Crippen molar-refractivity contribution in [1.82, 2.24) is 20.3 Å². The summed E-state index contributed by atoms with van der Waals surface area (Å²) in [7, 11) is 0. The number of rotatable bonds is 7. The van der Waals surface area contributed by atoms with E-state index in [0.29, 0.717) is 80.2 Å². The molecule has 0 aliphatic carbocycles. The minimum absolute atomic E-state index is 0.184. The van der Waals surface area contributed by atoms with Gasteiger partial charge in [-0.2, -0.15) is 15.0 Å². The van der Waals surface area contributed by atoms with Crippen molar-refractivity contribution in [2.75, 3.05) is 80.9 Å². The van der Waals surface area contributed by atoms with Crippen molar-refractivity contribution in [2.24, 2.45) is 0 Å². The number of anilines is 3. The molecule has 3 heterocycles. The Morgan fingerprint density at radius 1 is 0.939 bits per heavy atom. The average Bonchev–Trinajstić information content (AvgIpc) is 2.85. The van der Waals surface area contributed by atoms with Gasteiger partial charge in [0.05, 0.1) is 43.0 Å². The van der Waals surface area contributed by atoms with Crippen molar-refractivity contribution < 1.29 is 19.0 Å². The van der Waals surface area contributed by atoms with Crippen LogP contribution in [0.4, 0.5) is 22.4 Å². The van der Waals surface area contributed by atoms with Gasteiger partial charge in [-0.15, -0.1) is 0 Å². The third-order valence-electron chi connectivity index (χ3n) is 4.98. The lowest BCUT2D eigenvalue weighted by molar-refractivity contribution is 0.120. The Bertz CT molecular complexity index is 920. The van der Waals surface area contributed by atoms with Crippen LogP contribution in [0.3, 0.4) is 0 Å². The molecule has 0 bridgehead atoms. The molecule has 2 saturated heterocycles. The van der Waals surface area contributed by atoms with E-state index in [1.54, 1.807) is 18.2 Å². The first-order valence-electron chi connectivity index (χ1n) is 10.6. The van der Waals surface area contributed by atoms with Gasteiger partial charge >= 0.3 is 12.0 Å². The highest BCUT2D eigenvalue weighted by Gasteiger charge is 2.21. The maximum absolute atomic E-state index is 12.1. The van der Waals surface area contributed by atoms with Crippen LogP contribution >= 0.6 is 23.2 Å². The molecule has 2 N–H and O–H groups in total. The Morgan fingerprint density at radius 2 is 1.55 bits per heavy atom. The van der Waals surface area contributed by atoms with Crippen molar-refractivity contribution in [3.63, 3.8) is 0 Å². The van der Waals surface area contributed by atoms with Gasteiger partial charge < -0.3 is 34.6 Å². The quantitative estimate of drug-likeness (QED) is 0.554. The van der Waals surface area contributed by atoms with Crippen molar-refractivity contribution in [2.45, 2.75) is 0 Å². The third-order valence-corrected chi connectivity index (χ3v) is 5.71. The van der Waals surface area contributed by atoms with E-state index in [4.69, 9.17) is 37.4 Å². The number of carbonyl (C=O) groups is 1. The van der Waals surface area contributed by atoms with E-state index in [1.807, 2.05) is 9.80 Å². The standard InChI is InChI=1S/C20H25Cl2N7O4/c21-15-2-1-14(13-16(15)22)24-19(30)23-3-8-33-20-26-17(28-4-9-31-10-5-28)25-18(27-20)29-6-11-32-12-7-29/h1-2,13H,3-12H2,(H2,23,24,30). The Balaban J connectivity index is 1.34. The fourth-order valence-corrected chi connectivity index (χ4v) is 3.56. The Morgan fingerprint density at radius 3 is 2.12 bits per heavy atom. The zero-order valence-corrected chi connectivity index (χ0v) is 19.4. The summed E-state index contributed by atoms with van der Waals surface area (Å²) in [6, 6.07) is 4.66. The maximum Gasteiger partial charge on any atom is 0.323 e. The van der Waals surface area contributed by atoms with Crippen LogP contribution in [0.5, 0.6) is 6.01 Å². The van der Waals surface area contributed by atoms with Gasteiger partial charge in [-0.3, -0.25) is 0 Å². The van der Waals surface area contributed by atoms with Crippen LogP contribution in [0.2, 0.25) is 10.0 Å². The number of nitrogens with zero attached hydrogens (tertiary/aromatic N) is 5. The summed E-state index contributed by atoms with van der Waals surface area (Å²) in [6.45, 7) is 5.69. The number of nitrogens with one attached hydrogen (secondary N) is 2. The van der Waals surface area contributed by atoms with Crippen LogP contribution in [-0.4, -0.2) is 86.7 Å². The smallest absolute Gasteiger partial charge is 0.323 e. The summed E-state index contributed by atoms with van der Waals surface area (Å²) < 4.78 is 16.6. The molecule has 0 spiro atoms. The van der Waals surface area contributed by atoms with Crippen molar-refractivity contribution in [3.8, 4) is 6.01 Å². The molecule has 4 rings (SSSR count). The summed E-state index contributed by atoms with van der Waals surface area (Å²) in [5.41, 5.74) is 0.533. The molecule has 2 aliphatic rings. The molecule has 13 heteroatoms. The van der Waals surface area contributed by atoms with Gasteiger partial charge in [0, 0.05) is 31.9 Å². The highest BCUT2D eigenvalue weighted by molar-refractivity contribution is 6.42. The zero-order valence-electron chi connectivity index (χ0n) is 17.9. The molecule has 2 amide bonds. The van der Waals surface area contributed by atoms with E-state index in [-0.39, 0.29) is 19.2 Å². The molecule has 178 valence electrons. The number of carbonyl (C=O) groups excluding carboxylic acids is 1. The molecule has 1 aromatic carbocycles. The number of morpholine rings is 2. The van der Waals surface area contributed by atoms with Gasteiger partial charge in [0.25, 0.3) is 0 Å². The van der Waals surface area contributed by atoms with E-state index in [9.17, 15) is 4.79 Å². The Labute approximate surface area is 201 Å². The first-order chi connectivity index (χ1) is 16.1. The molecular weight excluding hydrogens is 473 g/mol. The van der Waals surface area contributed by atoms with E-state index in [2.05, 4.69) is 25.6 Å². The van der Waals surface area contributed by atoms with E-state index >= 15 is 0 Å². The summed E-state index contributed by atoms with van der Waals surface area (Å²) >= 11 is 11.9. The Hall–Kier alpha value is -2.60. The number of benzene rings is 1. The third kappa shape index (κ3) is 6.70. The number of urea groups is 1. The second-order valence-corrected chi connectivity index (χ2v) is 8.09. The number of hydrogen-bond acceptors (Lipinski definition) is 9. The predicted octanol–water partition coefficient (Wildman–Crippen LogP) is 2.05. The highest BCUT2D eigenvalue weighted by atomic mass is 35.5. The van der Waals surface area contributed by atoms with Crippen molar-refractivity contribution >= 4 is 46.8 Å². The molecule has 2 aromatic rings. The first-order valence-corrected chi connectivity index (χ1v) is 11.4. The summed E-state index contributed by atoms with van der Waals surface area (Å²) in [6.07, 6.45) is 0. The Kier molecular flexibility index (Phi) is 8.21. The van der Waals surface area contributed by atoms with Crippen LogP contribution in [0.25, 0.3) is 0 Å². The minimum atomic E-state index is -0.393. The summed E-state index contributed by atoms with van der Waals surface area (Å²) in [5, 5.41) is 6.18. The molecule has 0 unspecified atom stereocenters. The largest absolute Gasteiger partial charge is 0.461 e. The van der Waals surface area contributed by atoms with Gasteiger partial charge in [-0.05, 0) is 18.2 Å². The molecule has 0 saturated carbocycles. The van der Waals surface area contributed by atoms with Gasteiger partial charge in [-0.1, -0.05) is 23.2 Å². The molecule has 1 aromatic heterocycles. The second kappa shape index (κ2) is 11.5. The number of amides is 2. The molecule has 0 radical (unpaired) electrons. The number of aromatic nitrogens is 3. The molecule has 2 aliphatic heterocycles. The number of halogens is 2. The maximum atomic E-state index is 12.1. The highest BCUT2D eigenvalue weighted by Crippen LogP contribution is 2.25. The van der Waals surface area contributed by atoms with Gasteiger partial charge in [0.1, 0.15) is 6.61 Å². The van der Waals surface area contributed by atoms with E-state index < -0.39 is 6.03 Å². The number of hydrogen-bond donors (Lipinski definition) is 2. The average molecular weight is 498 g/mol.